The molecule has 4 heteroatoms. The second-order valence-electron chi connectivity index (χ2n) is 9.25. The Morgan fingerprint density at radius 3 is 2.80 bits per heavy atom. The van der Waals surface area contributed by atoms with Gasteiger partial charge in [0, 0.05) is 22.8 Å². The lowest BCUT2D eigenvalue weighted by Crippen LogP contribution is -2.46. The molecule has 6 rings (SSSR count). The molecule has 1 amide bonds. The maximum atomic E-state index is 13.6. The van der Waals surface area contributed by atoms with E-state index in [9.17, 15) is 4.79 Å². The Hall–Kier alpha value is -2.62. The highest BCUT2D eigenvalue weighted by Gasteiger charge is 2.49. The Morgan fingerprint density at radius 1 is 1.23 bits per heavy atom. The van der Waals surface area contributed by atoms with Gasteiger partial charge in [0.25, 0.3) is 0 Å². The van der Waals surface area contributed by atoms with Gasteiger partial charge in [-0.05, 0) is 55.9 Å². The second-order valence-corrected chi connectivity index (χ2v) is 9.25. The van der Waals surface area contributed by atoms with Crippen molar-refractivity contribution in [3.63, 3.8) is 0 Å². The molecule has 30 heavy (non-hydrogen) atoms. The molecule has 1 saturated heterocycles. The van der Waals surface area contributed by atoms with E-state index >= 15 is 0 Å². The van der Waals surface area contributed by atoms with Crippen LogP contribution in [0.1, 0.15) is 55.5 Å². The van der Waals surface area contributed by atoms with Crippen LogP contribution in [0.4, 0.5) is 0 Å². The molecule has 3 atom stereocenters. The van der Waals surface area contributed by atoms with Gasteiger partial charge in [-0.2, -0.15) is 0 Å². The first-order valence-corrected chi connectivity index (χ1v) is 11.4. The number of rotatable bonds is 2. The third-order valence-corrected chi connectivity index (χ3v) is 7.47. The fourth-order valence-electron chi connectivity index (χ4n) is 5.84. The summed E-state index contributed by atoms with van der Waals surface area (Å²) in [6, 6.07) is 6.49. The fourth-order valence-corrected chi connectivity index (χ4v) is 5.84. The normalized spacial score (nSPS) is 26.9. The van der Waals surface area contributed by atoms with E-state index in [2.05, 4.69) is 45.0 Å². The van der Waals surface area contributed by atoms with Gasteiger partial charge >= 0.3 is 0 Å². The highest BCUT2D eigenvalue weighted by Crippen LogP contribution is 2.50. The third kappa shape index (κ3) is 2.46. The Morgan fingerprint density at radius 2 is 2.07 bits per heavy atom. The molecule has 0 N–H and O–H groups in total. The molecule has 154 valence electrons. The van der Waals surface area contributed by atoms with Crippen LogP contribution in [0, 0.1) is 24.7 Å². The minimum absolute atomic E-state index is 0.0714. The van der Waals surface area contributed by atoms with E-state index in [4.69, 9.17) is 9.72 Å². The number of amides is 1. The first-order valence-electron chi connectivity index (χ1n) is 11.4. The summed E-state index contributed by atoms with van der Waals surface area (Å²) in [6.45, 7) is 7.72. The summed E-state index contributed by atoms with van der Waals surface area (Å²) in [5, 5.41) is 1.23. The van der Waals surface area contributed by atoms with Gasteiger partial charge in [0.15, 0.2) is 0 Å². The zero-order valence-electron chi connectivity index (χ0n) is 18.0. The number of hydrogen-bond donors (Lipinski definition) is 0. The number of carbonyl (C=O) groups excluding carboxylic acids is 1. The predicted molar refractivity (Wildman–Crippen MR) is 117 cm³/mol. The molecule has 4 nitrogen and oxygen atoms in total. The number of nitrogens with zero attached hydrogens (tertiary/aromatic N) is 2. The Labute approximate surface area is 177 Å². The van der Waals surface area contributed by atoms with E-state index in [1.165, 1.54) is 33.4 Å². The van der Waals surface area contributed by atoms with Crippen molar-refractivity contribution in [1.82, 2.24) is 9.88 Å². The number of fused-ring (bicyclic) bond motifs is 5. The molecule has 1 aromatic carbocycles. The first kappa shape index (κ1) is 18.2. The van der Waals surface area contributed by atoms with Gasteiger partial charge < -0.3 is 9.64 Å². The van der Waals surface area contributed by atoms with Crippen molar-refractivity contribution in [2.45, 2.75) is 53.0 Å². The largest absolute Gasteiger partial charge is 0.497 e. The number of hydrogen-bond acceptors (Lipinski definition) is 3. The second kappa shape index (κ2) is 6.44. The average molecular weight is 401 g/mol. The highest BCUT2D eigenvalue weighted by molar-refractivity contribution is 5.96. The average Bonchev–Trinajstić information content (AvgIpc) is 3.53. The van der Waals surface area contributed by atoms with Crippen molar-refractivity contribution in [2.75, 3.05) is 6.61 Å². The number of carbonyl (C=O) groups is 1. The van der Waals surface area contributed by atoms with Crippen LogP contribution >= 0.6 is 0 Å². The topological polar surface area (TPSA) is 42.4 Å². The zero-order valence-corrected chi connectivity index (χ0v) is 18.0. The molecule has 0 spiro atoms. The van der Waals surface area contributed by atoms with Crippen LogP contribution in [-0.4, -0.2) is 22.4 Å². The highest BCUT2D eigenvalue weighted by atomic mass is 16.5. The minimum Gasteiger partial charge on any atom is -0.497 e. The molecule has 1 aliphatic carbocycles. The van der Waals surface area contributed by atoms with Gasteiger partial charge in [-0.1, -0.05) is 31.6 Å². The maximum Gasteiger partial charge on any atom is 0.234 e. The van der Waals surface area contributed by atoms with Crippen molar-refractivity contribution < 1.29 is 9.53 Å². The minimum atomic E-state index is -0.0714. The number of benzene rings is 1. The number of ether oxygens (including phenoxy) is 1. The van der Waals surface area contributed by atoms with Gasteiger partial charge in [0.1, 0.15) is 0 Å². The molecule has 1 saturated carbocycles. The molecule has 2 aromatic rings. The number of pyridine rings is 1. The Kier molecular flexibility index (Phi) is 3.90. The molecule has 0 radical (unpaired) electrons. The lowest BCUT2D eigenvalue weighted by Gasteiger charge is -2.42. The van der Waals surface area contributed by atoms with Crippen molar-refractivity contribution in [2.24, 2.45) is 17.8 Å². The predicted octanol–water partition coefficient (Wildman–Crippen LogP) is 5.14. The molecule has 4 aliphatic rings. The zero-order chi connectivity index (χ0) is 20.6. The van der Waals surface area contributed by atoms with Gasteiger partial charge in [0.2, 0.25) is 5.91 Å². The van der Waals surface area contributed by atoms with E-state index in [1.807, 2.05) is 4.90 Å². The SMILES string of the molecule is CCc1c2c(nc3ccc(C)cc13)C1=CC3C(COC(=C4CC4)[C@@H]3CC)C(=O)N1C2. The van der Waals surface area contributed by atoms with E-state index in [1.54, 1.807) is 0 Å². The van der Waals surface area contributed by atoms with Crippen LogP contribution in [0.3, 0.4) is 0 Å². The summed E-state index contributed by atoms with van der Waals surface area (Å²) < 4.78 is 6.18. The molecule has 1 aromatic heterocycles. The molecule has 3 aliphatic heterocycles. The standard InChI is InChI=1S/C26H28N2O2/c1-4-16-19-10-14(3)6-9-22(19)27-24-20(16)12-28-23(24)11-18-17(5-2)25(15-7-8-15)30-13-21(18)26(28)29/h6,9-11,17-18,21H,4-5,7-8,12-13H2,1-3H3/t17-,18?,21?/m1/s1. The van der Waals surface area contributed by atoms with Crippen LogP contribution < -0.4 is 0 Å². The summed E-state index contributed by atoms with van der Waals surface area (Å²) in [6.07, 6.45) is 6.65. The summed E-state index contributed by atoms with van der Waals surface area (Å²) in [7, 11) is 0. The van der Waals surface area contributed by atoms with E-state index in [0.717, 1.165) is 42.6 Å². The molecule has 4 heterocycles. The van der Waals surface area contributed by atoms with Crippen LogP contribution in [0.5, 0.6) is 0 Å². The van der Waals surface area contributed by atoms with Crippen molar-refractivity contribution in [3.8, 4) is 0 Å². The third-order valence-electron chi connectivity index (χ3n) is 7.47. The Balaban J connectivity index is 1.53. The van der Waals surface area contributed by atoms with Crippen molar-refractivity contribution in [3.05, 3.63) is 58.0 Å². The lowest BCUT2D eigenvalue weighted by molar-refractivity contribution is -0.139. The van der Waals surface area contributed by atoms with Crippen molar-refractivity contribution in [1.29, 1.82) is 0 Å². The number of allylic oxidation sites excluding steroid dienone is 3. The smallest absolute Gasteiger partial charge is 0.234 e. The van der Waals surface area contributed by atoms with E-state index in [-0.39, 0.29) is 17.7 Å². The van der Waals surface area contributed by atoms with Gasteiger partial charge in [-0.3, -0.25) is 4.79 Å². The molecule has 2 unspecified atom stereocenters. The summed E-state index contributed by atoms with van der Waals surface area (Å²) in [4.78, 5) is 20.6. The molecule has 2 fully saturated rings. The van der Waals surface area contributed by atoms with Gasteiger partial charge in [-0.15, -0.1) is 0 Å². The van der Waals surface area contributed by atoms with Gasteiger partial charge in [0.05, 0.1) is 41.7 Å². The number of aryl methyl sites for hydroxylation is 2. The molecular formula is C26H28N2O2. The summed E-state index contributed by atoms with van der Waals surface area (Å²) in [5.41, 5.74) is 8.39. The van der Waals surface area contributed by atoms with Gasteiger partial charge in [-0.25, -0.2) is 4.98 Å². The fraction of sp³-hybridized carbons (Fsp3) is 0.462. The lowest BCUT2D eigenvalue weighted by atomic mass is 9.74. The van der Waals surface area contributed by atoms with E-state index in [0.29, 0.717) is 19.1 Å². The summed E-state index contributed by atoms with van der Waals surface area (Å²) >= 11 is 0. The maximum absolute atomic E-state index is 13.6. The van der Waals surface area contributed by atoms with E-state index < -0.39 is 0 Å². The Bertz CT molecular complexity index is 1150. The van der Waals surface area contributed by atoms with Crippen LogP contribution in [0.25, 0.3) is 16.6 Å². The molecular weight excluding hydrogens is 372 g/mol. The first-order chi connectivity index (χ1) is 14.6. The number of aromatic nitrogens is 1. The monoisotopic (exact) mass is 400 g/mol. The summed E-state index contributed by atoms with van der Waals surface area (Å²) in [5.74, 6) is 1.87. The van der Waals surface area contributed by atoms with Crippen molar-refractivity contribution >= 4 is 22.5 Å². The van der Waals surface area contributed by atoms with Crippen LogP contribution in [0.15, 0.2) is 35.6 Å². The molecule has 0 bridgehead atoms. The van der Waals surface area contributed by atoms with Crippen LogP contribution in [0.2, 0.25) is 0 Å². The van der Waals surface area contributed by atoms with Crippen LogP contribution in [-0.2, 0) is 22.5 Å². The quantitative estimate of drug-likeness (QED) is 0.701.